The van der Waals surface area contributed by atoms with Crippen molar-refractivity contribution < 1.29 is 9.50 Å². The molecule has 2 rings (SSSR count). The van der Waals surface area contributed by atoms with Gasteiger partial charge in [-0.25, -0.2) is 4.39 Å². The third kappa shape index (κ3) is 3.58. The van der Waals surface area contributed by atoms with Gasteiger partial charge in [-0.3, -0.25) is 0 Å². The van der Waals surface area contributed by atoms with Crippen molar-refractivity contribution in [3.05, 3.63) is 65.0 Å². The van der Waals surface area contributed by atoms with Crippen molar-refractivity contribution in [3.63, 3.8) is 0 Å². The summed E-state index contributed by atoms with van der Waals surface area (Å²) in [5.74, 6) is 0.135. The molecule has 0 radical (unpaired) electrons. The van der Waals surface area contributed by atoms with E-state index in [1.165, 1.54) is 6.07 Å². The van der Waals surface area contributed by atoms with Crippen molar-refractivity contribution >= 4 is 0 Å². The molecule has 0 spiro atoms. The van der Waals surface area contributed by atoms with Crippen LogP contribution < -0.4 is 5.32 Å². The summed E-state index contributed by atoms with van der Waals surface area (Å²) in [6.45, 7) is 4.60. The molecule has 0 saturated heterocycles. The molecule has 3 heteroatoms. The van der Waals surface area contributed by atoms with Gasteiger partial charge in [0.25, 0.3) is 0 Å². The lowest BCUT2D eigenvalue weighted by molar-refractivity contribution is 0.452. The van der Waals surface area contributed by atoms with Crippen LogP contribution in [0.4, 0.5) is 4.39 Å². The second kappa shape index (κ2) is 6.53. The van der Waals surface area contributed by atoms with E-state index < -0.39 is 0 Å². The first-order chi connectivity index (χ1) is 9.58. The number of benzene rings is 2. The van der Waals surface area contributed by atoms with Gasteiger partial charge in [0, 0.05) is 11.6 Å². The molecule has 2 aromatic rings. The Morgan fingerprint density at radius 2 is 1.95 bits per heavy atom. The second-order valence-corrected chi connectivity index (χ2v) is 5.08. The Labute approximate surface area is 119 Å². The van der Waals surface area contributed by atoms with Crippen molar-refractivity contribution in [2.45, 2.75) is 26.3 Å². The van der Waals surface area contributed by atoms with Gasteiger partial charge in [-0.2, -0.15) is 0 Å². The van der Waals surface area contributed by atoms with Gasteiger partial charge >= 0.3 is 0 Å². The minimum absolute atomic E-state index is 0.0300. The van der Waals surface area contributed by atoms with E-state index in [-0.39, 0.29) is 11.9 Å². The van der Waals surface area contributed by atoms with E-state index in [4.69, 9.17) is 0 Å². The summed E-state index contributed by atoms with van der Waals surface area (Å²) in [6, 6.07) is 12.5. The third-order valence-electron chi connectivity index (χ3n) is 3.46. The zero-order valence-corrected chi connectivity index (χ0v) is 11.9. The minimum Gasteiger partial charge on any atom is -0.508 e. The molecule has 0 aromatic heterocycles. The van der Waals surface area contributed by atoms with E-state index >= 15 is 0 Å². The average Bonchev–Trinajstić information content (AvgIpc) is 2.40. The summed E-state index contributed by atoms with van der Waals surface area (Å²) in [6.07, 6.45) is 0.629. The Kier molecular flexibility index (Phi) is 4.74. The largest absolute Gasteiger partial charge is 0.508 e. The van der Waals surface area contributed by atoms with E-state index in [1.807, 2.05) is 32.0 Å². The number of hydrogen-bond acceptors (Lipinski definition) is 2. The van der Waals surface area contributed by atoms with Gasteiger partial charge in [0.1, 0.15) is 11.6 Å². The highest BCUT2D eigenvalue weighted by Gasteiger charge is 2.10. The molecule has 0 aliphatic carbocycles. The zero-order valence-electron chi connectivity index (χ0n) is 11.9. The Bertz CT molecular complexity index is 583. The van der Waals surface area contributed by atoms with Crippen LogP contribution >= 0.6 is 0 Å². The van der Waals surface area contributed by atoms with Crippen LogP contribution in [0, 0.1) is 12.7 Å². The molecule has 0 amide bonds. The molecular formula is C17H20FNO. The highest BCUT2D eigenvalue weighted by atomic mass is 19.1. The predicted molar refractivity (Wildman–Crippen MR) is 79.4 cm³/mol. The first-order valence-corrected chi connectivity index (χ1v) is 6.84. The van der Waals surface area contributed by atoms with E-state index in [2.05, 4.69) is 5.32 Å². The molecule has 0 fully saturated rings. The van der Waals surface area contributed by atoms with Crippen LogP contribution in [0.2, 0.25) is 0 Å². The number of nitrogens with one attached hydrogen (secondary N) is 1. The van der Waals surface area contributed by atoms with Crippen LogP contribution in [-0.2, 0) is 6.42 Å². The highest BCUT2D eigenvalue weighted by Crippen LogP contribution is 2.24. The van der Waals surface area contributed by atoms with Gasteiger partial charge in [-0.1, -0.05) is 30.3 Å². The Morgan fingerprint density at radius 1 is 1.20 bits per heavy atom. The van der Waals surface area contributed by atoms with Crippen LogP contribution in [0.3, 0.4) is 0 Å². The maximum absolute atomic E-state index is 13.5. The van der Waals surface area contributed by atoms with E-state index in [9.17, 15) is 9.50 Å². The summed E-state index contributed by atoms with van der Waals surface area (Å²) in [5, 5.41) is 13.2. The molecule has 2 aromatic carbocycles. The normalized spacial score (nSPS) is 12.3. The quantitative estimate of drug-likeness (QED) is 0.870. The Morgan fingerprint density at radius 3 is 2.65 bits per heavy atom. The second-order valence-electron chi connectivity index (χ2n) is 5.08. The SMILES string of the molecule is Cc1ccc(C(C)NCCc2ccccc2F)c(O)c1. The molecule has 0 heterocycles. The fourth-order valence-electron chi connectivity index (χ4n) is 2.25. The van der Waals surface area contributed by atoms with E-state index in [0.29, 0.717) is 24.3 Å². The first kappa shape index (κ1) is 14.5. The predicted octanol–water partition coefficient (Wildman–Crippen LogP) is 3.73. The van der Waals surface area contributed by atoms with Gasteiger partial charge in [-0.15, -0.1) is 0 Å². The fraction of sp³-hybridized carbons (Fsp3) is 0.294. The highest BCUT2D eigenvalue weighted by molar-refractivity contribution is 5.37. The standard InChI is InChI=1S/C17H20FNO/c1-12-7-8-15(17(20)11-12)13(2)19-10-9-14-5-3-4-6-16(14)18/h3-8,11,13,19-20H,9-10H2,1-2H3. The minimum atomic E-state index is -0.167. The first-order valence-electron chi connectivity index (χ1n) is 6.84. The molecule has 0 aliphatic heterocycles. The Hall–Kier alpha value is -1.87. The number of aryl methyl sites for hydroxylation is 1. The zero-order chi connectivity index (χ0) is 14.5. The van der Waals surface area contributed by atoms with Gasteiger partial charge in [0.05, 0.1) is 0 Å². The topological polar surface area (TPSA) is 32.3 Å². The lowest BCUT2D eigenvalue weighted by Crippen LogP contribution is -2.21. The molecule has 1 atom stereocenters. The van der Waals surface area contributed by atoms with Gasteiger partial charge in [-0.05, 0) is 50.1 Å². The summed E-state index contributed by atoms with van der Waals surface area (Å²) < 4.78 is 13.5. The molecule has 20 heavy (non-hydrogen) atoms. The fourth-order valence-corrected chi connectivity index (χ4v) is 2.25. The van der Waals surface area contributed by atoms with Crippen LogP contribution in [0.5, 0.6) is 5.75 Å². The number of aromatic hydroxyl groups is 1. The van der Waals surface area contributed by atoms with Gasteiger partial charge in [0.15, 0.2) is 0 Å². The smallest absolute Gasteiger partial charge is 0.126 e. The molecule has 1 unspecified atom stereocenters. The summed E-state index contributed by atoms with van der Waals surface area (Å²) in [4.78, 5) is 0. The number of phenols is 1. The van der Waals surface area contributed by atoms with Gasteiger partial charge in [0.2, 0.25) is 0 Å². The van der Waals surface area contributed by atoms with Crippen LogP contribution in [-0.4, -0.2) is 11.7 Å². The van der Waals surface area contributed by atoms with Crippen molar-refractivity contribution in [3.8, 4) is 5.75 Å². The van der Waals surface area contributed by atoms with Crippen molar-refractivity contribution in [2.75, 3.05) is 6.54 Å². The number of rotatable bonds is 5. The summed E-state index contributed by atoms with van der Waals surface area (Å²) in [5.41, 5.74) is 2.61. The molecule has 2 N–H and O–H groups in total. The van der Waals surface area contributed by atoms with Gasteiger partial charge < -0.3 is 10.4 Å². The van der Waals surface area contributed by atoms with Crippen LogP contribution in [0.1, 0.15) is 29.7 Å². The molecule has 0 bridgehead atoms. The van der Waals surface area contributed by atoms with Crippen molar-refractivity contribution in [2.24, 2.45) is 0 Å². The number of halogens is 1. The van der Waals surface area contributed by atoms with E-state index in [1.54, 1.807) is 18.2 Å². The average molecular weight is 273 g/mol. The van der Waals surface area contributed by atoms with E-state index in [0.717, 1.165) is 11.1 Å². The third-order valence-corrected chi connectivity index (χ3v) is 3.46. The summed E-state index contributed by atoms with van der Waals surface area (Å²) >= 11 is 0. The van der Waals surface area contributed by atoms with Crippen LogP contribution in [0.15, 0.2) is 42.5 Å². The maximum Gasteiger partial charge on any atom is 0.126 e. The Balaban J connectivity index is 1.92. The lowest BCUT2D eigenvalue weighted by atomic mass is 10.0. The van der Waals surface area contributed by atoms with Crippen molar-refractivity contribution in [1.29, 1.82) is 0 Å². The molecule has 2 nitrogen and oxygen atoms in total. The molecule has 0 saturated carbocycles. The lowest BCUT2D eigenvalue weighted by Gasteiger charge is -2.16. The number of phenolic OH excluding ortho intramolecular Hbond substituents is 1. The molecule has 106 valence electrons. The summed E-state index contributed by atoms with van der Waals surface area (Å²) in [7, 11) is 0. The number of hydrogen-bond donors (Lipinski definition) is 2. The van der Waals surface area contributed by atoms with Crippen molar-refractivity contribution in [1.82, 2.24) is 5.32 Å². The monoisotopic (exact) mass is 273 g/mol. The maximum atomic E-state index is 13.5. The van der Waals surface area contributed by atoms with Crippen LogP contribution in [0.25, 0.3) is 0 Å². The molecular weight excluding hydrogens is 253 g/mol. The molecule has 0 aliphatic rings.